The molecule has 3 aromatic rings. The van der Waals surface area contributed by atoms with E-state index in [1.54, 1.807) is 0 Å². The Kier molecular flexibility index (Phi) is 2.89. The number of thioether (sulfide) groups is 1. The van der Waals surface area contributed by atoms with Crippen LogP contribution < -0.4 is 5.32 Å². The molecule has 0 fully saturated rings. The van der Waals surface area contributed by atoms with E-state index < -0.39 is 0 Å². The molecule has 0 bridgehead atoms. The molecular formula is C16H15N3S. The van der Waals surface area contributed by atoms with Gasteiger partial charge in [-0.2, -0.15) is 16.9 Å². The van der Waals surface area contributed by atoms with Crippen LogP contribution >= 0.6 is 11.8 Å². The second kappa shape index (κ2) is 4.87. The van der Waals surface area contributed by atoms with Crippen molar-refractivity contribution < 1.29 is 0 Å². The van der Waals surface area contributed by atoms with Crippen LogP contribution in [0.5, 0.6) is 0 Å². The van der Waals surface area contributed by atoms with Gasteiger partial charge in [-0.15, -0.1) is 0 Å². The third kappa shape index (κ3) is 2.06. The van der Waals surface area contributed by atoms with E-state index in [1.165, 1.54) is 11.1 Å². The van der Waals surface area contributed by atoms with Crippen LogP contribution in [-0.2, 0) is 5.75 Å². The fraction of sp³-hybridized carbons (Fsp3) is 0.188. The van der Waals surface area contributed by atoms with Gasteiger partial charge in [0.05, 0.1) is 17.8 Å². The summed E-state index contributed by atoms with van der Waals surface area (Å²) in [6.07, 6.45) is 1.85. The Morgan fingerprint density at radius 2 is 2.15 bits per heavy atom. The van der Waals surface area contributed by atoms with Crippen molar-refractivity contribution in [1.82, 2.24) is 10.2 Å². The van der Waals surface area contributed by atoms with E-state index in [-0.39, 0.29) is 0 Å². The Morgan fingerprint density at radius 3 is 3.15 bits per heavy atom. The molecule has 4 heteroatoms. The number of nitrogens with one attached hydrogen (secondary N) is 2. The summed E-state index contributed by atoms with van der Waals surface area (Å²) in [4.78, 5) is 0. The van der Waals surface area contributed by atoms with E-state index in [9.17, 15) is 0 Å². The van der Waals surface area contributed by atoms with E-state index in [0.717, 1.165) is 28.1 Å². The first-order chi connectivity index (χ1) is 9.90. The van der Waals surface area contributed by atoms with E-state index >= 15 is 0 Å². The molecule has 0 saturated carbocycles. The van der Waals surface area contributed by atoms with Crippen molar-refractivity contribution in [2.75, 3.05) is 11.1 Å². The van der Waals surface area contributed by atoms with Crippen LogP contribution in [0.1, 0.15) is 17.2 Å². The van der Waals surface area contributed by atoms with Crippen molar-refractivity contribution >= 4 is 28.4 Å². The highest BCUT2D eigenvalue weighted by molar-refractivity contribution is 7.98. The molecule has 0 saturated heterocycles. The lowest BCUT2D eigenvalue weighted by atomic mass is 10.0. The van der Waals surface area contributed by atoms with Crippen LogP contribution in [0, 0.1) is 0 Å². The van der Waals surface area contributed by atoms with Crippen molar-refractivity contribution in [3.05, 3.63) is 59.8 Å². The molecule has 2 heterocycles. The molecular weight excluding hydrogens is 266 g/mol. The fourth-order valence-electron chi connectivity index (χ4n) is 2.73. The highest BCUT2D eigenvalue weighted by Gasteiger charge is 2.19. The Labute approximate surface area is 121 Å². The maximum Gasteiger partial charge on any atom is 0.0670 e. The van der Waals surface area contributed by atoms with Crippen molar-refractivity contribution in [1.29, 1.82) is 0 Å². The van der Waals surface area contributed by atoms with E-state index in [1.807, 2.05) is 18.0 Å². The van der Waals surface area contributed by atoms with Crippen LogP contribution in [-0.4, -0.2) is 16.0 Å². The number of anilines is 1. The number of hydrogen-bond donors (Lipinski definition) is 2. The minimum absolute atomic E-state index is 0.380. The number of aromatic amines is 1. The van der Waals surface area contributed by atoms with Crippen LogP contribution in [0.25, 0.3) is 10.9 Å². The van der Waals surface area contributed by atoms with E-state index in [4.69, 9.17) is 0 Å². The quantitative estimate of drug-likeness (QED) is 0.747. The summed E-state index contributed by atoms with van der Waals surface area (Å²) in [6.45, 7) is 0. The highest BCUT2D eigenvalue weighted by Crippen LogP contribution is 2.34. The van der Waals surface area contributed by atoms with Gasteiger partial charge in [0.2, 0.25) is 0 Å². The van der Waals surface area contributed by atoms with Crippen molar-refractivity contribution in [3.63, 3.8) is 0 Å². The molecule has 100 valence electrons. The summed E-state index contributed by atoms with van der Waals surface area (Å²) in [6, 6.07) is 15.5. The van der Waals surface area contributed by atoms with Gasteiger partial charge in [0.1, 0.15) is 0 Å². The number of aromatic nitrogens is 2. The van der Waals surface area contributed by atoms with Crippen LogP contribution in [0.2, 0.25) is 0 Å². The van der Waals surface area contributed by atoms with Gasteiger partial charge in [-0.3, -0.25) is 5.10 Å². The van der Waals surface area contributed by atoms with Gasteiger partial charge in [0.25, 0.3) is 0 Å². The Balaban J connectivity index is 1.66. The molecule has 1 aliphatic rings. The van der Waals surface area contributed by atoms with Gasteiger partial charge in [-0.1, -0.05) is 24.3 Å². The molecule has 20 heavy (non-hydrogen) atoms. The molecule has 1 aliphatic heterocycles. The summed E-state index contributed by atoms with van der Waals surface area (Å²) in [7, 11) is 0. The monoisotopic (exact) mass is 281 g/mol. The van der Waals surface area contributed by atoms with Crippen molar-refractivity contribution in [2.45, 2.75) is 11.8 Å². The average molecular weight is 281 g/mol. The van der Waals surface area contributed by atoms with E-state index in [0.29, 0.717) is 6.04 Å². The summed E-state index contributed by atoms with van der Waals surface area (Å²) < 4.78 is 0. The molecule has 3 nitrogen and oxygen atoms in total. The maximum atomic E-state index is 4.07. The first-order valence-corrected chi connectivity index (χ1v) is 7.91. The second-order valence-corrected chi connectivity index (χ2v) is 6.11. The normalized spacial score (nSPS) is 17.9. The fourth-order valence-corrected chi connectivity index (χ4v) is 3.83. The summed E-state index contributed by atoms with van der Waals surface area (Å²) in [5.74, 6) is 2.23. The third-order valence-corrected chi connectivity index (χ3v) is 4.84. The average Bonchev–Trinajstić information content (AvgIpc) is 2.95. The van der Waals surface area contributed by atoms with Gasteiger partial charge < -0.3 is 5.32 Å². The van der Waals surface area contributed by atoms with Gasteiger partial charge in [-0.25, -0.2) is 0 Å². The molecule has 0 spiro atoms. The van der Waals surface area contributed by atoms with Gasteiger partial charge in [0.15, 0.2) is 0 Å². The molecule has 1 aromatic heterocycles. The van der Waals surface area contributed by atoms with Crippen molar-refractivity contribution in [2.24, 2.45) is 0 Å². The number of fused-ring (bicyclic) bond motifs is 2. The Morgan fingerprint density at radius 1 is 1.20 bits per heavy atom. The zero-order valence-electron chi connectivity index (χ0n) is 11.0. The molecule has 4 rings (SSSR count). The zero-order valence-corrected chi connectivity index (χ0v) is 11.8. The van der Waals surface area contributed by atoms with Crippen LogP contribution in [0.3, 0.4) is 0 Å². The largest absolute Gasteiger partial charge is 0.377 e. The molecule has 0 amide bonds. The summed E-state index contributed by atoms with van der Waals surface area (Å²) in [5.41, 5.74) is 5.09. The molecule has 0 aliphatic carbocycles. The lowest BCUT2D eigenvalue weighted by Gasteiger charge is -2.26. The SMILES string of the molecule is c1ccc2c(c1)CSCC2Nc1ccc2cn[nH]c2c1. The zero-order chi connectivity index (χ0) is 13.4. The number of nitrogens with zero attached hydrogens (tertiary/aromatic N) is 1. The number of rotatable bonds is 2. The maximum absolute atomic E-state index is 4.07. The molecule has 1 atom stereocenters. The van der Waals surface area contributed by atoms with Crippen LogP contribution in [0.15, 0.2) is 48.7 Å². The first kappa shape index (κ1) is 11.9. The third-order valence-electron chi connectivity index (χ3n) is 3.76. The lowest BCUT2D eigenvalue weighted by Crippen LogP contribution is -2.18. The molecule has 0 radical (unpaired) electrons. The van der Waals surface area contributed by atoms with Gasteiger partial charge >= 0.3 is 0 Å². The number of hydrogen-bond acceptors (Lipinski definition) is 3. The van der Waals surface area contributed by atoms with Gasteiger partial charge in [0, 0.05) is 22.6 Å². The lowest BCUT2D eigenvalue weighted by molar-refractivity contribution is 0.871. The van der Waals surface area contributed by atoms with Crippen molar-refractivity contribution in [3.8, 4) is 0 Å². The van der Waals surface area contributed by atoms with Gasteiger partial charge in [-0.05, 0) is 29.3 Å². The molecule has 2 N–H and O–H groups in total. The summed E-state index contributed by atoms with van der Waals surface area (Å²) >= 11 is 1.99. The van der Waals surface area contributed by atoms with E-state index in [2.05, 4.69) is 58.0 Å². The highest BCUT2D eigenvalue weighted by atomic mass is 32.2. The molecule has 2 aromatic carbocycles. The minimum Gasteiger partial charge on any atom is -0.377 e. The Hall–Kier alpha value is -1.94. The predicted molar refractivity (Wildman–Crippen MR) is 85.1 cm³/mol. The topological polar surface area (TPSA) is 40.7 Å². The molecule has 1 unspecified atom stereocenters. The Bertz CT molecular complexity index is 750. The summed E-state index contributed by atoms with van der Waals surface area (Å²) in [5, 5.41) is 11.9. The standard InChI is InChI=1S/C16H15N3S/c1-2-4-14-12(3-1)9-20-10-16(14)18-13-6-5-11-8-17-19-15(11)7-13/h1-8,16,18H,9-10H2,(H,17,19). The number of benzene rings is 2. The minimum atomic E-state index is 0.380. The van der Waals surface area contributed by atoms with Crippen LogP contribution in [0.4, 0.5) is 5.69 Å². The predicted octanol–water partition coefficient (Wildman–Crippen LogP) is 3.96. The first-order valence-electron chi connectivity index (χ1n) is 6.75. The second-order valence-electron chi connectivity index (χ2n) is 5.08. The smallest absolute Gasteiger partial charge is 0.0670 e. The number of H-pyrrole nitrogens is 1.